The lowest BCUT2D eigenvalue weighted by molar-refractivity contribution is -0.130. The lowest BCUT2D eigenvalue weighted by Gasteiger charge is -2.42. The molecule has 2 rings (SSSR count). The molecule has 3 heteroatoms. The first kappa shape index (κ1) is 9.00. The predicted octanol–water partition coefficient (Wildman–Crippen LogP) is 0.605. The molecule has 0 aromatic rings. The molecule has 74 valence electrons. The number of piperazine rings is 1. The molecule has 1 aliphatic heterocycles. The fourth-order valence-electron chi connectivity index (χ4n) is 2.13. The van der Waals surface area contributed by atoms with Gasteiger partial charge in [0, 0.05) is 12.6 Å². The van der Waals surface area contributed by atoms with Gasteiger partial charge < -0.3 is 5.32 Å². The van der Waals surface area contributed by atoms with Gasteiger partial charge in [0.05, 0.1) is 6.04 Å². The molecule has 2 unspecified atom stereocenters. The predicted molar refractivity (Wildman–Crippen MR) is 51.4 cm³/mol. The number of nitrogens with zero attached hydrogens (tertiary/aromatic N) is 1. The van der Waals surface area contributed by atoms with Crippen molar-refractivity contribution in [2.45, 2.75) is 38.3 Å². The molecule has 1 amide bonds. The van der Waals surface area contributed by atoms with Gasteiger partial charge in [0.1, 0.15) is 0 Å². The topological polar surface area (TPSA) is 32.3 Å². The SMILES string of the molecule is CC1C(=O)NC(C2CCC2)CN1C. The van der Waals surface area contributed by atoms with Gasteiger partial charge in [-0.2, -0.15) is 0 Å². The maximum absolute atomic E-state index is 11.5. The number of hydrogen-bond donors (Lipinski definition) is 1. The number of nitrogens with one attached hydrogen (secondary N) is 1. The van der Waals surface area contributed by atoms with E-state index >= 15 is 0 Å². The van der Waals surface area contributed by atoms with Crippen molar-refractivity contribution >= 4 is 5.91 Å². The first-order valence-electron chi connectivity index (χ1n) is 5.19. The number of rotatable bonds is 1. The fraction of sp³-hybridized carbons (Fsp3) is 0.900. The maximum atomic E-state index is 11.5. The Hall–Kier alpha value is -0.570. The van der Waals surface area contributed by atoms with Gasteiger partial charge in [0.25, 0.3) is 0 Å². The van der Waals surface area contributed by atoms with E-state index in [4.69, 9.17) is 0 Å². The van der Waals surface area contributed by atoms with E-state index in [1.54, 1.807) is 0 Å². The Bertz CT molecular complexity index is 213. The van der Waals surface area contributed by atoms with E-state index in [2.05, 4.69) is 10.2 Å². The molecule has 13 heavy (non-hydrogen) atoms. The zero-order valence-corrected chi connectivity index (χ0v) is 8.42. The van der Waals surface area contributed by atoms with Crippen LogP contribution in [-0.2, 0) is 4.79 Å². The van der Waals surface area contributed by atoms with Crippen LogP contribution < -0.4 is 5.32 Å². The molecule has 2 fully saturated rings. The Labute approximate surface area is 79.5 Å². The van der Waals surface area contributed by atoms with E-state index in [-0.39, 0.29) is 11.9 Å². The van der Waals surface area contributed by atoms with Crippen LogP contribution in [-0.4, -0.2) is 36.5 Å². The fourth-order valence-corrected chi connectivity index (χ4v) is 2.13. The highest BCUT2D eigenvalue weighted by molar-refractivity contribution is 5.82. The van der Waals surface area contributed by atoms with E-state index in [9.17, 15) is 4.79 Å². The Kier molecular flexibility index (Phi) is 2.28. The molecule has 0 spiro atoms. The molecule has 2 atom stereocenters. The van der Waals surface area contributed by atoms with Gasteiger partial charge in [0.15, 0.2) is 0 Å². The van der Waals surface area contributed by atoms with Crippen LogP contribution in [0.3, 0.4) is 0 Å². The van der Waals surface area contributed by atoms with E-state index < -0.39 is 0 Å². The summed E-state index contributed by atoms with van der Waals surface area (Å²) in [4.78, 5) is 13.7. The highest BCUT2D eigenvalue weighted by atomic mass is 16.2. The highest BCUT2D eigenvalue weighted by Crippen LogP contribution is 2.31. The molecular weight excluding hydrogens is 164 g/mol. The summed E-state index contributed by atoms with van der Waals surface area (Å²) in [5.74, 6) is 0.949. The molecule has 3 nitrogen and oxygen atoms in total. The van der Waals surface area contributed by atoms with Crippen molar-refractivity contribution in [1.82, 2.24) is 10.2 Å². The van der Waals surface area contributed by atoms with Gasteiger partial charge >= 0.3 is 0 Å². The van der Waals surface area contributed by atoms with Crippen LogP contribution in [0.4, 0.5) is 0 Å². The molecule has 1 aliphatic carbocycles. The molecule has 0 bridgehead atoms. The third kappa shape index (κ3) is 1.57. The van der Waals surface area contributed by atoms with Crippen LogP contribution in [0.5, 0.6) is 0 Å². The molecule has 1 heterocycles. The maximum Gasteiger partial charge on any atom is 0.237 e. The Morgan fingerprint density at radius 3 is 2.62 bits per heavy atom. The largest absolute Gasteiger partial charge is 0.350 e. The quantitative estimate of drug-likeness (QED) is 0.644. The van der Waals surface area contributed by atoms with E-state index in [0.717, 1.165) is 12.5 Å². The van der Waals surface area contributed by atoms with Gasteiger partial charge in [-0.3, -0.25) is 9.69 Å². The van der Waals surface area contributed by atoms with Crippen LogP contribution in [0, 0.1) is 5.92 Å². The summed E-state index contributed by atoms with van der Waals surface area (Å²) in [5.41, 5.74) is 0. The highest BCUT2D eigenvalue weighted by Gasteiger charge is 2.35. The van der Waals surface area contributed by atoms with Crippen molar-refractivity contribution < 1.29 is 4.79 Å². The normalized spacial score (nSPS) is 36.9. The summed E-state index contributed by atoms with van der Waals surface area (Å²) >= 11 is 0. The third-order valence-electron chi connectivity index (χ3n) is 3.57. The first-order valence-corrected chi connectivity index (χ1v) is 5.19. The third-order valence-corrected chi connectivity index (χ3v) is 3.57. The molecule has 2 aliphatic rings. The molecule has 0 radical (unpaired) electrons. The smallest absolute Gasteiger partial charge is 0.237 e. The van der Waals surface area contributed by atoms with E-state index in [1.165, 1.54) is 19.3 Å². The zero-order chi connectivity index (χ0) is 9.42. The van der Waals surface area contributed by atoms with Gasteiger partial charge in [-0.25, -0.2) is 0 Å². The second-order valence-electron chi connectivity index (χ2n) is 4.42. The lowest BCUT2D eigenvalue weighted by Crippen LogP contribution is -2.60. The second kappa shape index (κ2) is 3.29. The van der Waals surface area contributed by atoms with Crippen molar-refractivity contribution in [2.75, 3.05) is 13.6 Å². The van der Waals surface area contributed by atoms with Crippen LogP contribution in [0.1, 0.15) is 26.2 Å². The minimum atomic E-state index is 0.0522. The molecule has 0 aromatic heterocycles. The number of likely N-dealkylation sites (N-methyl/N-ethyl adjacent to an activating group) is 1. The van der Waals surface area contributed by atoms with Crippen molar-refractivity contribution in [3.8, 4) is 0 Å². The van der Waals surface area contributed by atoms with Crippen molar-refractivity contribution in [3.63, 3.8) is 0 Å². The number of amides is 1. The number of carbonyl (C=O) groups is 1. The lowest BCUT2D eigenvalue weighted by atomic mass is 9.78. The van der Waals surface area contributed by atoms with Crippen LogP contribution >= 0.6 is 0 Å². The number of carbonyl (C=O) groups excluding carboxylic acids is 1. The van der Waals surface area contributed by atoms with Crippen molar-refractivity contribution in [1.29, 1.82) is 0 Å². The molecule has 0 aromatic carbocycles. The van der Waals surface area contributed by atoms with Gasteiger partial charge in [-0.05, 0) is 32.7 Å². The van der Waals surface area contributed by atoms with E-state index in [1.807, 2.05) is 14.0 Å². The second-order valence-corrected chi connectivity index (χ2v) is 4.42. The van der Waals surface area contributed by atoms with Crippen LogP contribution in [0.2, 0.25) is 0 Å². The van der Waals surface area contributed by atoms with Crippen LogP contribution in [0.15, 0.2) is 0 Å². The van der Waals surface area contributed by atoms with Gasteiger partial charge in [-0.15, -0.1) is 0 Å². The van der Waals surface area contributed by atoms with Crippen LogP contribution in [0.25, 0.3) is 0 Å². The van der Waals surface area contributed by atoms with Gasteiger partial charge in [-0.1, -0.05) is 6.42 Å². The minimum Gasteiger partial charge on any atom is -0.350 e. The standard InChI is InChI=1S/C10H18N2O/c1-7-10(13)11-9(6-12(7)2)8-4-3-5-8/h7-9H,3-6H2,1-2H3,(H,11,13). The molecule has 1 saturated heterocycles. The summed E-state index contributed by atoms with van der Waals surface area (Å²) in [6.07, 6.45) is 3.94. The monoisotopic (exact) mass is 182 g/mol. The first-order chi connectivity index (χ1) is 6.18. The summed E-state index contributed by atoms with van der Waals surface area (Å²) in [7, 11) is 2.04. The summed E-state index contributed by atoms with van der Waals surface area (Å²) < 4.78 is 0. The summed E-state index contributed by atoms with van der Waals surface area (Å²) in [6.45, 7) is 2.99. The Morgan fingerprint density at radius 2 is 2.15 bits per heavy atom. The average molecular weight is 182 g/mol. The van der Waals surface area contributed by atoms with E-state index in [0.29, 0.717) is 6.04 Å². The Morgan fingerprint density at radius 1 is 1.46 bits per heavy atom. The molecule has 1 N–H and O–H groups in total. The molecule has 1 saturated carbocycles. The van der Waals surface area contributed by atoms with Crippen molar-refractivity contribution in [3.05, 3.63) is 0 Å². The number of hydrogen-bond acceptors (Lipinski definition) is 2. The minimum absolute atomic E-state index is 0.0522. The molecular formula is C10H18N2O. The zero-order valence-electron chi connectivity index (χ0n) is 8.42. The van der Waals surface area contributed by atoms with Gasteiger partial charge in [0.2, 0.25) is 5.91 Å². The Balaban J connectivity index is 1.96. The summed E-state index contributed by atoms with van der Waals surface area (Å²) in [5, 5.41) is 3.12. The summed E-state index contributed by atoms with van der Waals surface area (Å²) in [6, 6.07) is 0.471. The average Bonchev–Trinajstić information content (AvgIpc) is 1.96. The van der Waals surface area contributed by atoms with Crippen molar-refractivity contribution in [2.24, 2.45) is 5.92 Å².